The van der Waals surface area contributed by atoms with E-state index in [0.717, 1.165) is 0 Å². The Morgan fingerprint density at radius 2 is 1.06 bits per heavy atom. The first-order valence-electron chi connectivity index (χ1n) is 17.7. The van der Waals surface area contributed by atoms with E-state index in [4.69, 9.17) is 0 Å². The molecule has 4 aromatic carbocycles. The second-order valence-corrected chi connectivity index (χ2v) is 48.6. The molecule has 6 rings (SSSR count). The summed E-state index contributed by atoms with van der Waals surface area (Å²) in [7, 11) is 0. The standard InChI is InChI=1S/C22H25.C21H23.2CH3.2ClH.H2Si.Zr/c1-15(2)18-13-17-7-6-8-20(21(17)14-18)16-9-11-19(12-10-16)22(3,4)5;1-14-13-17-7-6-8-19(20(17)15(14)2)16-9-11-18(12-10-16)21(3,4)5;;;;;;/h6-15H,1-5H3;6-13H,1-5H3;2*1H3;2*1H;1H2;. The molecule has 0 nitrogen and oxygen atoms in total. The van der Waals surface area contributed by atoms with E-state index < -0.39 is 17.4 Å². The van der Waals surface area contributed by atoms with Gasteiger partial charge in [-0.05, 0) is 0 Å². The first-order chi connectivity index (χ1) is 21.8. The van der Waals surface area contributed by atoms with Crippen molar-refractivity contribution in [2.75, 3.05) is 0 Å². The first kappa shape index (κ1) is 39.8. The first-order valence-corrected chi connectivity index (χ1v) is 31.4. The van der Waals surface area contributed by atoms with Gasteiger partial charge >= 0.3 is 290 Å². The number of benzene rings is 4. The predicted octanol–water partition coefficient (Wildman–Crippen LogP) is 13.4. The van der Waals surface area contributed by atoms with Gasteiger partial charge in [-0.1, -0.05) is 0 Å². The monoisotopic (exact) mass is 786 g/mol. The molecule has 2 unspecified atom stereocenters. The SMILES string of the molecule is CC1=C(C)[CH]([Zr]([CH3])([CH3])(=[SiH2])[CH]2C(C(C)C)=Cc3c(-c4ccc(C(C)(C)C)cc4)cccc32)c2cccc(-c3ccc(C(C)(C)C)cc3)c21.Cl.Cl. The molecule has 0 radical (unpaired) electrons. The molecule has 0 bridgehead atoms. The van der Waals surface area contributed by atoms with Gasteiger partial charge < -0.3 is 0 Å². The van der Waals surface area contributed by atoms with Crippen LogP contribution in [0.3, 0.4) is 0 Å². The zero-order valence-electron chi connectivity index (χ0n) is 31.9. The molecule has 0 aliphatic heterocycles. The molecule has 260 valence electrons. The van der Waals surface area contributed by atoms with E-state index in [9.17, 15) is 0 Å². The third-order valence-electron chi connectivity index (χ3n) is 11.6. The average molecular weight is 789 g/mol. The van der Waals surface area contributed by atoms with Crippen molar-refractivity contribution in [3.05, 3.63) is 129 Å². The van der Waals surface area contributed by atoms with Gasteiger partial charge in [0, 0.05) is 0 Å². The fraction of sp³-hybridized carbons (Fsp3) is 0.378. The molecule has 0 fully saturated rings. The third-order valence-corrected chi connectivity index (χ3v) is 29.2. The Labute approximate surface area is 312 Å². The zero-order chi connectivity index (χ0) is 34.3. The van der Waals surface area contributed by atoms with E-state index in [1.54, 1.807) is 22.3 Å². The second kappa shape index (κ2) is 13.5. The molecule has 4 aromatic rings. The molecule has 2 atom stereocenters. The molecule has 49 heavy (non-hydrogen) atoms. The molecular formula is C45H58Cl2SiZr. The van der Waals surface area contributed by atoms with Gasteiger partial charge in [-0.15, -0.1) is 24.8 Å². The van der Waals surface area contributed by atoms with Gasteiger partial charge in [0.25, 0.3) is 0 Å². The molecular weight excluding hydrogens is 731 g/mol. The van der Waals surface area contributed by atoms with Crippen molar-refractivity contribution >= 4 is 43.3 Å². The van der Waals surface area contributed by atoms with E-state index in [-0.39, 0.29) is 35.6 Å². The molecule has 2 aliphatic rings. The molecule has 4 heteroatoms. The van der Waals surface area contributed by atoms with E-state index in [1.807, 2.05) is 0 Å². The summed E-state index contributed by atoms with van der Waals surface area (Å²) in [6.07, 6.45) is 2.61. The van der Waals surface area contributed by atoms with Crippen LogP contribution in [0.2, 0.25) is 9.26 Å². The minimum Gasteiger partial charge on any atom is -0.147 e. The third kappa shape index (κ3) is 6.87. The maximum absolute atomic E-state index is 3.71. The fourth-order valence-electron chi connectivity index (χ4n) is 9.04. The van der Waals surface area contributed by atoms with E-state index in [2.05, 4.69) is 176 Å². The molecule has 0 aromatic heterocycles. The summed E-state index contributed by atoms with van der Waals surface area (Å²) < 4.78 is 6.57. The Kier molecular flexibility index (Phi) is 11.0. The smallest absolute Gasteiger partial charge is 0.147 e. The Morgan fingerprint density at radius 3 is 1.53 bits per heavy atom. The minimum atomic E-state index is -3.71. The van der Waals surface area contributed by atoms with E-state index >= 15 is 0 Å². The molecule has 0 saturated heterocycles. The largest absolute Gasteiger partial charge is 0.147 e. The number of halogens is 2. The summed E-state index contributed by atoms with van der Waals surface area (Å²) in [6.45, 7) is 26.0. The van der Waals surface area contributed by atoms with Gasteiger partial charge in [0.2, 0.25) is 0 Å². The maximum Gasteiger partial charge on any atom is -0.147 e. The van der Waals surface area contributed by atoms with Crippen molar-refractivity contribution in [2.45, 2.75) is 96.6 Å². The van der Waals surface area contributed by atoms with Gasteiger partial charge in [-0.25, -0.2) is 0 Å². The summed E-state index contributed by atoms with van der Waals surface area (Å²) in [4.78, 5) is 0. The Morgan fingerprint density at radius 1 is 0.612 bits per heavy atom. The summed E-state index contributed by atoms with van der Waals surface area (Å²) >= 11 is -3.71. The van der Waals surface area contributed by atoms with E-state index in [0.29, 0.717) is 13.2 Å². The number of allylic oxidation sites excluding steroid dienone is 3. The van der Waals surface area contributed by atoms with Crippen LogP contribution in [0, 0.1) is 5.92 Å². The molecule has 0 N–H and O–H groups in total. The summed E-state index contributed by atoms with van der Waals surface area (Å²) in [5, 5.41) is 0. The zero-order valence-corrected chi connectivity index (χ0v) is 37.4. The van der Waals surface area contributed by atoms with Crippen molar-refractivity contribution < 1.29 is 17.4 Å². The summed E-state index contributed by atoms with van der Waals surface area (Å²) in [6, 6.07) is 33.1. The van der Waals surface area contributed by atoms with E-state index in [1.165, 1.54) is 50.1 Å². The Bertz CT molecular complexity index is 2010. The van der Waals surface area contributed by atoms with Crippen LogP contribution in [0.5, 0.6) is 0 Å². The summed E-state index contributed by atoms with van der Waals surface area (Å²) in [5.41, 5.74) is 19.4. The second-order valence-electron chi connectivity index (χ2n) is 18.1. The Balaban J connectivity index is 0.00000270. The van der Waals surface area contributed by atoms with Crippen molar-refractivity contribution in [1.29, 1.82) is 0 Å². The van der Waals surface area contributed by atoms with Crippen LogP contribution in [-0.2, 0) is 28.2 Å². The minimum absolute atomic E-state index is 0. The normalized spacial score (nSPS) is 17.7. The van der Waals surface area contributed by atoms with Gasteiger partial charge in [0.05, 0.1) is 0 Å². The van der Waals surface area contributed by atoms with Crippen LogP contribution in [-0.4, -0.2) is 6.88 Å². The average Bonchev–Trinajstić information content (AvgIpc) is 3.53. The number of hydrogen-bond donors (Lipinski definition) is 0. The molecule has 0 heterocycles. The number of fused-ring (bicyclic) bond motifs is 2. The van der Waals surface area contributed by atoms with Crippen molar-refractivity contribution in [2.24, 2.45) is 5.92 Å². The molecule has 0 spiro atoms. The molecule has 2 aliphatic carbocycles. The van der Waals surface area contributed by atoms with Gasteiger partial charge in [0.1, 0.15) is 0 Å². The quantitative estimate of drug-likeness (QED) is 0.177. The van der Waals surface area contributed by atoms with Crippen LogP contribution in [0.1, 0.15) is 110 Å². The van der Waals surface area contributed by atoms with Crippen molar-refractivity contribution in [1.82, 2.24) is 0 Å². The van der Waals surface area contributed by atoms with Crippen LogP contribution in [0.25, 0.3) is 33.9 Å². The fourth-order valence-corrected chi connectivity index (χ4v) is 29.6. The maximum atomic E-state index is 2.78. The van der Waals surface area contributed by atoms with Crippen LogP contribution in [0.15, 0.2) is 96.1 Å². The van der Waals surface area contributed by atoms with Gasteiger partial charge in [-0.3, -0.25) is 0 Å². The van der Waals surface area contributed by atoms with Crippen molar-refractivity contribution in [3.63, 3.8) is 0 Å². The predicted molar refractivity (Wildman–Crippen MR) is 222 cm³/mol. The van der Waals surface area contributed by atoms with Crippen molar-refractivity contribution in [3.8, 4) is 22.3 Å². The Hall–Kier alpha value is -1.96. The van der Waals surface area contributed by atoms with Gasteiger partial charge in [-0.2, -0.15) is 0 Å². The van der Waals surface area contributed by atoms with Crippen LogP contribution >= 0.6 is 24.8 Å². The topological polar surface area (TPSA) is 0 Å². The van der Waals surface area contributed by atoms with Gasteiger partial charge in [0.15, 0.2) is 0 Å². The number of rotatable bonds is 5. The van der Waals surface area contributed by atoms with Crippen LogP contribution < -0.4 is 0 Å². The molecule has 0 amide bonds. The summed E-state index contributed by atoms with van der Waals surface area (Å²) in [5.74, 6) is 0.500. The van der Waals surface area contributed by atoms with Crippen LogP contribution in [0.4, 0.5) is 0 Å². The number of hydrogen-bond acceptors (Lipinski definition) is 0. The molecule has 0 saturated carbocycles.